The maximum atomic E-state index is 11.3. The fourth-order valence-electron chi connectivity index (χ4n) is 4.32. The molecule has 1 aliphatic rings. The van der Waals surface area contributed by atoms with Crippen molar-refractivity contribution in [2.24, 2.45) is 5.16 Å². The van der Waals surface area contributed by atoms with Gasteiger partial charge in [-0.05, 0) is 71.9 Å². The van der Waals surface area contributed by atoms with E-state index in [1.165, 1.54) is 17.5 Å². The Morgan fingerprint density at radius 1 is 1.00 bits per heavy atom. The molecule has 0 aromatic heterocycles. The first-order chi connectivity index (χ1) is 14.6. The standard InChI is InChI=1S/C27H35NO3/c1-7-8-15-31-28-24(19-9-11-20(12-10-19)25(29)30)21-17-23-22(16-18(21)2)26(3,4)13-14-27(23,5)6/h9-12,16-17H,7-8,13-15H2,1-6H3,(H,29,30). The summed E-state index contributed by atoms with van der Waals surface area (Å²) in [7, 11) is 0. The van der Waals surface area contributed by atoms with Gasteiger partial charge in [-0.1, -0.05) is 64.4 Å². The summed E-state index contributed by atoms with van der Waals surface area (Å²) in [6, 6.07) is 11.5. The molecule has 4 nitrogen and oxygen atoms in total. The third-order valence-electron chi connectivity index (χ3n) is 6.60. The number of carboxylic acid groups (broad SMARTS) is 1. The molecule has 1 aliphatic carbocycles. The van der Waals surface area contributed by atoms with Gasteiger partial charge in [0.25, 0.3) is 0 Å². The number of oxime groups is 1. The molecule has 2 aromatic rings. The molecule has 31 heavy (non-hydrogen) atoms. The zero-order valence-corrected chi connectivity index (χ0v) is 19.7. The first kappa shape index (κ1) is 23.1. The molecule has 0 radical (unpaired) electrons. The van der Waals surface area contributed by atoms with Crippen LogP contribution in [0.5, 0.6) is 0 Å². The highest BCUT2D eigenvalue weighted by molar-refractivity contribution is 6.14. The van der Waals surface area contributed by atoms with Crippen molar-refractivity contribution in [2.75, 3.05) is 6.61 Å². The predicted molar refractivity (Wildman–Crippen MR) is 126 cm³/mol. The maximum absolute atomic E-state index is 11.3. The zero-order chi connectivity index (χ0) is 22.8. The molecule has 0 fully saturated rings. The van der Waals surface area contributed by atoms with Crippen molar-refractivity contribution >= 4 is 11.7 Å². The molecule has 2 aromatic carbocycles. The SMILES string of the molecule is CCCCON=C(c1ccc(C(=O)O)cc1)c1cc2c(cc1C)C(C)(C)CCC2(C)C. The topological polar surface area (TPSA) is 58.9 Å². The van der Waals surface area contributed by atoms with Gasteiger partial charge in [0.15, 0.2) is 0 Å². The van der Waals surface area contributed by atoms with Gasteiger partial charge < -0.3 is 9.94 Å². The Hall–Kier alpha value is -2.62. The number of hydrogen-bond acceptors (Lipinski definition) is 3. The van der Waals surface area contributed by atoms with Gasteiger partial charge in [0.05, 0.1) is 5.56 Å². The second-order valence-electron chi connectivity index (χ2n) is 9.99. The van der Waals surface area contributed by atoms with E-state index in [0.29, 0.717) is 6.61 Å². The average molecular weight is 422 g/mol. The number of nitrogens with zero attached hydrogens (tertiary/aromatic N) is 1. The van der Waals surface area contributed by atoms with Crippen molar-refractivity contribution < 1.29 is 14.7 Å². The summed E-state index contributed by atoms with van der Waals surface area (Å²) in [6.07, 6.45) is 4.30. The Morgan fingerprint density at radius 2 is 1.55 bits per heavy atom. The summed E-state index contributed by atoms with van der Waals surface area (Å²) in [5.41, 5.74) is 7.10. The summed E-state index contributed by atoms with van der Waals surface area (Å²) in [6.45, 7) is 14.1. The molecule has 0 unspecified atom stereocenters. The van der Waals surface area contributed by atoms with Crippen LogP contribution in [0.2, 0.25) is 0 Å². The Labute approximate surface area is 186 Å². The molecule has 0 aliphatic heterocycles. The molecule has 166 valence electrons. The monoisotopic (exact) mass is 421 g/mol. The number of hydrogen-bond donors (Lipinski definition) is 1. The van der Waals surface area contributed by atoms with Gasteiger partial charge in [-0.2, -0.15) is 0 Å². The van der Waals surface area contributed by atoms with Gasteiger partial charge in [0, 0.05) is 11.1 Å². The molecular formula is C27H35NO3. The molecule has 0 amide bonds. The van der Waals surface area contributed by atoms with Crippen LogP contribution < -0.4 is 0 Å². The van der Waals surface area contributed by atoms with Crippen LogP contribution in [0.25, 0.3) is 0 Å². The van der Waals surface area contributed by atoms with Gasteiger partial charge in [-0.3, -0.25) is 0 Å². The van der Waals surface area contributed by atoms with Crippen molar-refractivity contribution in [3.05, 3.63) is 69.8 Å². The lowest BCUT2D eigenvalue weighted by atomic mass is 9.62. The van der Waals surface area contributed by atoms with Crippen molar-refractivity contribution in [1.29, 1.82) is 0 Å². The number of fused-ring (bicyclic) bond motifs is 1. The van der Waals surface area contributed by atoms with Crippen LogP contribution in [0.4, 0.5) is 0 Å². The lowest BCUT2D eigenvalue weighted by Gasteiger charge is -2.42. The van der Waals surface area contributed by atoms with E-state index in [4.69, 9.17) is 4.84 Å². The van der Waals surface area contributed by atoms with Crippen LogP contribution in [0, 0.1) is 6.92 Å². The maximum Gasteiger partial charge on any atom is 0.335 e. The van der Waals surface area contributed by atoms with Crippen LogP contribution >= 0.6 is 0 Å². The van der Waals surface area contributed by atoms with E-state index in [1.54, 1.807) is 12.1 Å². The number of aromatic carboxylic acids is 1. The Morgan fingerprint density at radius 3 is 2.10 bits per heavy atom. The Balaban J connectivity index is 2.14. The van der Waals surface area contributed by atoms with Crippen LogP contribution in [0.15, 0.2) is 41.6 Å². The molecule has 0 bridgehead atoms. The number of aryl methyl sites for hydroxylation is 1. The third-order valence-corrected chi connectivity index (χ3v) is 6.60. The van der Waals surface area contributed by atoms with E-state index in [0.717, 1.165) is 41.7 Å². The number of carbonyl (C=O) groups is 1. The highest BCUT2D eigenvalue weighted by Gasteiger charge is 2.37. The van der Waals surface area contributed by atoms with E-state index >= 15 is 0 Å². The largest absolute Gasteiger partial charge is 0.478 e. The fourth-order valence-corrected chi connectivity index (χ4v) is 4.32. The summed E-state index contributed by atoms with van der Waals surface area (Å²) in [5.74, 6) is -0.932. The van der Waals surface area contributed by atoms with Crippen molar-refractivity contribution in [1.82, 2.24) is 0 Å². The second-order valence-corrected chi connectivity index (χ2v) is 9.99. The normalized spacial score (nSPS) is 17.2. The van der Waals surface area contributed by atoms with Gasteiger partial charge in [0.1, 0.15) is 12.3 Å². The van der Waals surface area contributed by atoms with E-state index < -0.39 is 5.97 Å². The van der Waals surface area contributed by atoms with Crippen LogP contribution in [-0.2, 0) is 15.7 Å². The van der Waals surface area contributed by atoms with Crippen molar-refractivity contribution in [3.63, 3.8) is 0 Å². The van der Waals surface area contributed by atoms with Gasteiger partial charge in [-0.15, -0.1) is 0 Å². The average Bonchev–Trinajstić information content (AvgIpc) is 2.72. The van der Waals surface area contributed by atoms with E-state index in [2.05, 4.69) is 58.8 Å². The molecule has 0 atom stereocenters. The highest BCUT2D eigenvalue weighted by Crippen LogP contribution is 2.46. The number of rotatable bonds is 7. The summed E-state index contributed by atoms with van der Waals surface area (Å²) < 4.78 is 0. The quantitative estimate of drug-likeness (QED) is 0.311. The van der Waals surface area contributed by atoms with Gasteiger partial charge in [0.2, 0.25) is 0 Å². The molecule has 0 saturated heterocycles. The lowest BCUT2D eigenvalue weighted by molar-refractivity contribution is 0.0697. The highest BCUT2D eigenvalue weighted by atomic mass is 16.6. The minimum absolute atomic E-state index is 0.0919. The molecule has 0 saturated carbocycles. The van der Waals surface area contributed by atoms with Gasteiger partial charge >= 0.3 is 5.97 Å². The minimum Gasteiger partial charge on any atom is -0.478 e. The smallest absolute Gasteiger partial charge is 0.335 e. The lowest BCUT2D eigenvalue weighted by Crippen LogP contribution is -2.34. The number of carboxylic acids is 1. The van der Waals surface area contributed by atoms with Crippen LogP contribution in [0.1, 0.15) is 98.5 Å². The minimum atomic E-state index is -0.932. The number of benzene rings is 2. The molecule has 0 spiro atoms. The summed E-state index contributed by atoms with van der Waals surface area (Å²) in [4.78, 5) is 17.0. The summed E-state index contributed by atoms with van der Waals surface area (Å²) in [5, 5.41) is 13.8. The molecule has 0 heterocycles. The van der Waals surface area contributed by atoms with E-state index in [1.807, 2.05) is 12.1 Å². The fraction of sp³-hybridized carbons (Fsp3) is 0.481. The Kier molecular flexibility index (Phi) is 6.59. The van der Waals surface area contributed by atoms with Crippen molar-refractivity contribution in [3.8, 4) is 0 Å². The second kappa shape index (κ2) is 8.86. The number of unbranched alkanes of at least 4 members (excludes halogenated alkanes) is 1. The van der Waals surface area contributed by atoms with Gasteiger partial charge in [-0.25, -0.2) is 4.79 Å². The predicted octanol–water partition coefficient (Wildman–Crippen LogP) is 6.61. The zero-order valence-electron chi connectivity index (χ0n) is 19.7. The molecule has 3 rings (SSSR count). The molecule has 4 heteroatoms. The molecular weight excluding hydrogens is 386 g/mol. The first-order valence-electron chi connectivity index (χ1n) is 11.3. The Bertz CT molecular complexity index is 984. The third kappa shape index (κ3) is 4.84. The van der Waals surface area contributed by atoms with E-state index in [9.17, 15) is 9.90 Å². The molecule has 1 N–H and O–H groups in total. The summed E-state index contributed by atoms with van der Waals surface area (Å²) >= 11 is 0. The van der Waals surface area contributed by atoms with E-state index in [-0.39, 0.29) is 16.4 Å². The first-order valence-corrected chi connectivity index (χ1v) is 11.3. The van der Waals surface area contributed by atoms with Crippen molar-refractivity contribution in [2.45, 2.75) is 78.1 Å². The van der Waals surface area contributed by atoms with Crippen LogP contribution in [0.3, 0.4) is 0 Å². The van der Waals surface area contributed by atoms with Crippen LogP contribution in [-0.4, -0.2) is 23.4 Å².